The number of ether oxygens (including phenoxy) is 1. The molecule has 4 heteroatoms. The third kappa shape index (κ3) is 2.43. The largest absolute Gasteiger partial charge is 0.369 e. The first-order chi connectivity index (χ1) is 8.74. The molecule has 2 rings (SSSR count). The maximum absolute atomic E-state index is 13.5. The predicted octanol–water partition coefficient (Wildman–Crippen LogP) is 2.79. The first-order valence-corrected chi connectivity index (χ1v) is 5.45. The van der Waals surface area contributed by atoms with E-state index in [1.54, 1.807) is 24.3 Å². The number of hydrogen-bond acceptors (Lipinski definition) is 3. The second-order valence-electron chi connectivity index (χ2n) is 3.75. The number of halogens is 1. The highest BCUT2D eigenvalue weighted by Gasteiger charge is 2.23. The maximum Gasteiger partial charge on any atom is 0.199 e. The van der Waals surface area contributed by atoms with Crippen molar-refractivity contribution in [1.29, 1.82) is 0 Å². The third-order valence-electron chi connectivity index (χ3n) is 2.61. The average molecular weight is 245 g/mol. The minimum Gasteiger partial charge on any atom is -0.369 e. The van der Waals surface area contributed by atoms with Gasteiger partial charge >= 0.3 is 0 Å². The molecule has 0 aliphatic rings. The Morgan fingerprint density at radius 2 is 2.00 bits per heavy atom. The van der Waals surface area contributed by atoms with Crippen LogP contribution in [0.2, 0.25) is 0 Å². The molecule has 0 spiro atoms. The van der Waals surface area contributed by atoms with Crippen molar-refractivity contribution >= 4 is 5.78 Å². The highest BCUT2D eigenvalue weighted by Crippen LogP contribution is 2.22. The minimum atomic E-state index is -0.803. The Labute approximate surface area is 104 Å². The van der Waals surface area contributed by atoms with E-state index in [9.17, 15) is 9.18 Å². The fraction of sp³-hybridized carbons (Fsp3) is 0.143. The monoisotopic (exact) mass is 245 g/mol. The van der Waals surface area contributed by atoms with Crippen molar-refractivity contribution in [2.75, 3.05) is 7.11 Å². The summed E-state index contributed by atoms with van der Waals surface area (Å²) in [6.07, 6.45) is 1.60. The van der Waals surface area contributed by atoms with E-state index in [4.69, 9.17) is 4.74 Å². The van der Waals surface area contributed by atoms with Crippen LogP contribution in [0.4, 0.5) is 4.39 Å². The molecule has 0 radical (unpaired) electrons. The van der Waals surface area contributed by atoms with Crippen molar-refractivity contribution in [3.8, 4) is 0 Å². The summed E-state index contributed by atoms with van der Waals surface area (Å²) >= 11 is 0. The molecule has 0 aliphatic carbocycles. The minimum absolute atomic E-state index is 0.0132. The normalized spacial score (nSPS) is 12.1. The molecular formula is C14H12FNO2. The molecule has 18 heavy (non-hydrogen) atoms. The van der Waals surface area contributed by atoms with Crippen LogP contribution in [0.25, 0.3) is 0 Å². The number of carbonyl (C=O) groups excluding carboxylic acids is 1. The summed E-state index contributed by atoms with van der Waals surface area (Å²) in [6, 6.07) is 10.3. The number of carbonyl (C=O) groups is 1. The van der Waals surface area contributed by atoms with Crippen molar-refractivity contribution < 1.29 is 13.9 Å². The number of aromatic nitrogens is 1. The first kappa shape index (κ1) is 12.4. The molecule has 1 aromatic carbocycles. The summed E-state index contributed by atoms with van der Waals surface area (Å²) in [5.41, 5.74) is 0.682. The fourth-order valence-corrected chi connectivity index (χ4v) is 1.74. The first-order valence-electron chi connectivity index (χ1n) is 5.45. The van der Waals surface area contributed by atoms with Gasteiger partial charge in [0.25, 0.3) is 0 Å². The molecule has 0 bridgehead atoms. The van der Waals surface area contributed by atoms with Crippen molar-refractivity contribution in [3.63, 3.8) is 0 Å². The summed E-state index contributed by atoms with van der Waals surface area (Å²) < 4.78 is 18.7. The van der Waals surface area contributed by atoms with Crippen LogP contribution in [-0.4, -0.2) is 17.9 Å². The number of benzene rings is 1. The van der Waals surface area contributed by atoms with Crippen molar-refractivity contribution in [2.45, 2.75) is 6.10 Å². The van der Waals surface area contributed by atoms with Gasteiger partial charge in [0.2, 0.25) is 0 Å². The Kier molecular flexibility index (Phi) is 3.79. The zero-order valence-electron chi connectivity index (χ0n) is 9.84. The Hall–Kier alpha value is -2.07. The SMILES string of the molecule is COC(C(=O)c1ccncc1F)c1ccccc1. The van der Waals surface area contributed by atoms with E-state index in [0.29, 0.717) is 5.56 Å². The van der Waals surface area contributed by atoms with Gasteiger partial charge in [-0.1, -0.05) is 30.3 Å². The van der Waals surface area contributed by atoms with Crippen LogP contribution >= 0.6 is 0 Å². The zero-order chi connectivity index (χ0) is 13.0. The number of Topliss-reactive ketones (excluding diaryl/α,β-unsaturated/α-hetero) is 1. The van der Waals surface area contributed by atoms with Crippen LogP contribution in [-0.2, 0) is 4.74 Å². The molecule has 0 fully saturated rings. The van der Waals surface area contributed by atoms with E-state index < -0.39 is 17.7 Å². The zero-order valence-corrected chi connectivity index (χ0v) is 9.84. The summed E-state index contributed by atoms with van der Waals surface area (Å²) in [7, 11) is 1.43. The van der Waals surface area contributed by atoms with E-state index in [0.717, 1.165) is 6.20 Å². The number of rotatable bonds is 4. The number of hydrogen-bond donors (Lipinski definition) is 0. The predicted molar refractivity (Wildman–Crippen MR) is 64.7 cm³/mol. The summed E-state index contributed by atoms with van der Waals surface area (Å²) in [6.45, 7) is 0. The van der Waals surface area contributed by atoms with E-state index in [1.807, 2.05) is 6.07 Å². The average Bonchev–Trinajstić information content (AvgIpc) is 2.41. The molecule has 0 saturated heterocycles. The molecule has 0 saturated carbocycles. The molecule has 1 heterocycles. The van der Waals surface area contributed by atoms with Crippen LogP contribution in [0.5, 0.6) is 0 Å². The summed E-state index contributed by atoms with van der Waals surface area (Å²) in [5.74, 6) is -1.05. The highest BCUT2D eigenvalue weighted by molar-refractivity contribution is 6.00. The summed E-state index contributed by atoms with van der Waals surface area (Å²) in [4.78, 5) is 15.8. The molecular weight excluding hydrogens is 233 g/mol. The lowest BCUT2D eigenvalue weighted by Gasteiger charge is -2.14. The smallest absolute Gasteiger partial charge is 0.199 e. The third-order valence-corrected chi connectivity index (χ3v) is 2.61. The van der Waals surface area contributed by atoms with Crippen molar-refractivity contribution in [3.05, 3.63) is 65.7 Å². The molecule has 1 unspecified atom stereocenters. The second kappa shape index (κ2) is 5.51. The van der Waals surface area contributed by atoms with Gasteiger partial charge in [0, 0.05) is 13.3 Å². The second-order valence-corrected chi connectivity index (χ2v) is 3.75. The number of pyridine rings is 1. The van der Waals surface area contributed by atoms with Crippen LogP contribution in [0, 0.1) is 5.82 Å². The molecule has 0 N–H and O–H groups in total. The number of ketones is 1. The molecule has 1 atom stereocenters. The van der Waals surface area contributed by atoms with Gasteiger partial charge in [0.15, 0.2) is 11.6 Å². The Balaban J connectivity index is 2.35. The molecule has 2 aromatic rings. The lowest BCUT2D eigenvalue weighted by atomic mass is 10.0. The van der Waals surface area contributed by atoms with Gasteiger partial charge in [0.1, 0.15) is 6.10 Å². The molecule has 92 valence electrons. The molecule has 0 aliphatic heterocycles. The molecule has 1 aromatic heterocycles. The van der Waals surface area contributed by atoms with Gasteiger partial charge in [-0.25, -0.2) is 4.39 Å². The van der Waals surface area contributed by atoms with Gasteiger partial charge in [-0.2, -0.15) is 0 Å². The Morgan fingerprint density at radius 1 is 1.28 bits per heavy atom. The topological polar surface area (TPSA) is 39.2 Å². The van der Waals surface area contributed by atoms with E-state index in [-0.39, 0.29) is 5.56 Å². The Morgan fingerprint density at radius 3 is 2.61 bits per heavy atom. The molecule has 0 amide bonds. The van der Waals surface area contributed by atoms with Gasteiger partial charge in [-0.3, -0.25) is 9.78 Å². The van der Waals surface area contributed by atoms with Crippen molar-refractivity contribution in [1.82, 2.24) is 4.98 Å². The fourth-order valence-electron chi connectivity index (χ4n) is 1.74. The maximum atomic E-state index is 13.5. The summed E-state index contributed by atoms with van der Waals surface area (Å²) in [5, 5.41) is 0. The lowest BCUT2D eigenvalue weighted by Crippen LogP contribution is -2.16. The number of nitrogens with zero attached hydrogens (tertiary/aromatic N) is 1. The Bertz CT molecular complexity index is 543. The highest BCUT2D eigenvalue weighted by atomic mass is 19.1. The number of methoxy groups -OCH3 is 1. The molecule has 3 nitrogen and oxygen atoms in total. The lowest BCUT2D eigenvalue weighted by molar-refractivity contribution is 0.0600. The van der Waals surface area contributed by atoms with E-state index >= 15 is 0 Å². The van der Waals surface area contributed by atoms with Crippen LogP contribution in [0.15, 0.2) is 48.8 Å². The van der Waals surface area contributed by atoms with Crippen LogP contribution in [0.1, 0.15) is 22.0 Å². The standard InChI is InChI=1S/C14H12FNO2/c1-18-14(10-5-3-2-4-6-10)13(17)11-7-8-16-9-12(11)15/h2-9,14H,1H3. The quantitative estimate of drug-likeness (QED) is 0.777. The van der Waals surface area contributed by atoms with Crippen LogP contribution < -0.4 is 0 Å². The van der Waals surface area contributed by atoms with Gasteiger partial charge in [-0.05, 0) is 11.6 Å². The van der Waals surface area contributed by atoms with Gasteiger partial charge in [-0.15, -0.1) is 0 Å². The van der Waals surface area contributed by atoms with Crippen molar-refractivity contribution in [2.24, 2.45) is 0 Å². The van der Waals surface area contributed by atoms with Gasteiger partial charge < -0.3 is 4.74 Å². The van der Waals surface area contributed by atoms with Crippen LogP contribution in [0.3, 0.4) is 0 Å². The van der Waals surface area contributed by atoms with E-state index in [2.05, 4.69) is 4.98 Å². The van der Waals surface area contributed by atoms with E-state index in [1.165, 1.54) is 19.4 Å². The van der Waals surface area contributed by atoms with Gasteiger partial charge in [0.05, 0.1) is 11.8 Å².